The third-order valence-corrected chi connectivity index (χ3v) is 4.03. The molecule has 1 unspecified atom stereocenters. The lowest BCUT2D eigenvalue weighted by molar-refractivity contribution is 0.292. The van der Waals surface area contributed by atoms with Gasteiger partial charge in [0.05, 0.1) is 0 Å². The molecule has 0 amide bonds. The van der Waals surface area contributed by atoms with Gasteiger partial charge in [0.15, 0.2) is 0 Å². The van der Waals surface area contributed by atoms with Crippen LogP contribution in [-0.4, -0.2) is 13.1 Å². The number of hydrogen-bond acceptors (Lipinski definition) is 1. The highest BCUT2D eigenvalue weighted by Crippen LogP contribution is 2.29. The minimum Gasteiger partial charge on any atom is -0.316 e. The van der Waals surface area contributed by atoms with Gasteiger partial charge < -0.3 is 5.32 Å². The predicted octanol–water partition coefficient (Wildman–Crippen LogP) is 4.16. The van der Waals surface area contributed by atoms with Crippen LogP contribution in [0.15, 0.2) is 22.7 Å². The number of rotatable bonds is 6. The van der Waals surface area contributed by atoms with Gasteiger partial charge in [-0.1, -0.05) is 42.8 Å². The molecule has 0 heterocycles. The molecule has 3 heteroatoms. The van der Waals surface area contributed by atoms with Crippen LogP contribution in [0.3, 0.4) is 0 Å². The molecular weight excluding hydrogens is 281 g/mol. The Morgan fingerprint density at radius 1 is 1.35 bits per heavy atom. The molecule has 96 valence electrons. The molecule has 0 aliphatic heterocycles. The maximum atomic E-state index is 13.0. The molecule has 0 aromatic heterocycles. The van der Waals surface area contributed by atoms with Crippen molar-refractivity contribution in [3.05, 3.63) is 34.1 Å². The van der Waals surface area contributed by atoms with E-state index in [4.69, 9.17) is 0 Å². The van der Waals surface area contributed by atoms with Gasteiger partial charge in [0.2, 0.25) is 0 Å². The van der Waals surface area contributed by atoms with Crippen molar-refractivity contribution in [3.8, 4) is 0 Å². The van der Waals surface area contributed by atoms with Crippen molar-refractivity contribution >= 4 is 15.9 Å². The monoisotopic (exact) mass is 301 g/mol. The Bertz CT molecular complexity index is 367. The van der Waals surface area contributed by atoms with Gasteiger partial charge in [-0.05, 0) is 42.5 Å². The maximum Gasteiger partial charge on any atom is 0.124 e. The quantitative estimate of drug-likeness (QED) is 0.832. The van der Waals surface area contributed by atoms with Gasteiger partial charge in [0.1, 0.15) is 5.82 Å². The van der Waals surface area contributed by atoms with Crippen LogP contribution in [0, 0.1) is 11.2 Å². The fourth-order valence-electron chi connectivity index (χ4n) is 1.86. The molecule has 0 radical (unpaired) electrons. The van der Waals surface area contributed by atoms with Crippen LogP contribution in [0.1, 0.15) is 32.8 Å². The lowest BCUT2D eigenvalue weighted by atomic mass is 9.81. The van der Waals surface area contributed by atoms with Crippen molar-refractivity contribution in [1.82, 2.24) is 5.32 Å². The van der Waals surface area contributed by atoms with E-state index in [0.29, 0.717) is 0 Å². The van der Waals surface area contributed by atoms with Gasteiger partial charge in [0.25, 0.3) is 0 Å². The highest BCUT2D eigenvalue weighted by atomic mass is 79.9. The molecule has 1 aromatic rings. The summed E-state index contributed by atoms with van der Waals surface area (Å²) in [6.07, 6.45) is 2.06. The second-order valence-electron chi connectivity index (χ2n) is 4.86. The summed E-state index contributed by atoms with van der Waals surface area (Å²) in [6.45, 7) is 8.56. The molecule has 0 spiro atoms. The lowest BCUT2D eigenvalue weighted by Crippen LogP contribution is -2.33. The smallest absolute Gasteiger partial charge is 0.124 e. The van der Waals surface area contributed by atoms with Gasteiger partial charge in [-0.25, -0.2) is 4.39 Å². The second kappa shape index (κ2) is 6.50. The Morgan fingerprint density at radius 3 is 2.59 bits per heavy atom. The van der Waals surface area contributed by atoms with Crippen LogP contribution in [0.5, 0.6) is 0 Å². The summed E-state index contributed by atoms with van der Waals surface area (Å²) in [5, 5.41) is 3.40. The summed E-state index contributed by atoms with van der Waals surface area (Å²) in [5.41, 5.74) is 1.39. The second-order valence-corrected chi connectivity index (χ2v) is 5.71. The van der Waals surface area contributed by atoms with Crippen LogP contribution in [0.2, 0.25) is 0 Å². The summed E-state index contributed by atoms with van der Waals surface area (Å²) in [5.74, 6) is -0.189. The van der Waals surface area contributed by atoms with E-state index in [1.165, 1.54) is 11.6 Å². The zero-order valence-electron chi connectivity index (χ0n) is 10.8. The van der Waals surface area contributed by atoms with E-state index < -0.39 is 0 Å². The standard InChI is InChI=1S/C14H21BrFN/c1-4-14(3,10-17-5-2)9-11-6-7-12(16)8-13(11)15/h6-8,17H,4-5,9-10H2,1-3H3. The molecule has 0 fully saturated rings. The fourth-order valence-corrected chi connectivity index (χ4v) is 2.36. The highest BCUT2D eigenvalue weighted by molar-refractivity contribution is 9.10. The minimum atomic E-state index is -0.189. The summed E-state index contributed by atoms with van der Waals surface area (Å²) >= 11 is 3.44. The largest absolute Gasteiger partial charge is 0.316 e. The summed E-state index contributed by atoms with van der Waals surface area (Å²) in [4.78, 5) is 0. The van der Waals surface area contributed by atoms with Gasteiger partial charge in [-0.3, -0.25) is 0 Å². The normalized spacial score (nSPS) is 14.6. The van der Waals surface area contributed by atoms with Crippen molar-refractivity contribution in [2.75, 3.05) is 13.1 Å². The predicted molar refractivity (Wildman–Crippen MR) is 74.7 cm³/mol. The average molecular weight is 302 g/mol. The molecule has 0 aliphatic rings. The van der Waals surface area contributed by atoms with Crippen LogP contribution in [0.4, 0.5) is 4.39 Å². The Kier molecular flexibility index (Phi) is 5.60. The first-order valence-electron chi connectivity index (χ1n) is 6.15. The Hall–Kier alpha value is -0.410. The molecule has 1 aromatic carbocycles. The van der Waals surface area contributed by atoms with Crippen molar-refractivity contribution in [2.45, 2.75) is 33.6 Å². The average Bonchev–Trinajstić information content (AvgIpc) is 2.30. The van der Waals surface area contributed by atoms with E-state index in [2.05, 4.69) is 42.0 Å². The van der Waals surface area contributed by atoms with E-state index >= 15 is 0 Å². The third kappa shape index (κ3) is 4.40. The number of benzene rings is 1. The van der Waals surface area contributed by atoms with Gasteiger partial charge in [0, 0.05) is 11.0 Å². The zero-order valence-corrected chi connectivity index (χ0v) is 12.4. The van der Waals surface area contributed by atoms with Crippen LogP contribution in [0.25, 0.3) is 0 Å². The van der Waals surface area contributed by atoms with Crippen LogP contribution >= 0.6 is 15.9 Å². The first-order chi connectivity index (χ1) is 8.00. The number of hydrogen-bond donors (Lipinski definition) is 1. The minimum absolute atomic E-state index is 0.189. The maximum absolute atomic E-state index is 13.0. The molecule has 1 rings (SSSR count). The summed E-state index contributed by atoms with van der Waals surface area (Å²) in [7, 11) is 0. The molecule has 1 N–H and O–H groups in total. The molecule has 0 saturated heterocycles. The van der Waals surface area contributed by atoms with Crippen LogP contribution < -0.4 is 5.32 Å². The van der Waals surface area contributed by atoms with E-state index in [0.717, 1.165) is 30.4 Å². The first-order valence-corrected chi connectivity index (χ1v) is 6.94. The Morgan fingerprint density at radius 2 is 2.06 bits per heavy atom. The molecule has 1 atom stereocenters. The Balaban J connectivity index is 2.79. The molecule has 1 nitrogen and oxygen atoms in total. The lowest BCUT2D eigenvalue weighted by Gasteiger charge is -2.29. The molecule has 0 bridgehead atoms. The Labute approximate surface area is 112 Å². The van der Waals surface area contributed by atoms with E-state index in [1.807, 2.05) is 6.07 Å². The van der Waals surface area contributed by atoms with E-state index in [9.17, 15) is 4.39 Å². The summed E-state index contributed by atoms with van der Waals surface area (Å²) < 4.78 is 13.9. The van der Waals surface area contributed by atoms with Gasteiger partial charge >= 0.3 is 0 Å². The van der Waals surface area contributed by atoms with Crippen molar-refractivity contribution < 1.29 is 4.39 Å². The zero-order chi connectivity index (χ0) is 12.9. The van der Waals surface area contributed by atoms with Crippen molar-refractivity contribution in [1.29, 1.82) is 0 Å². The van der Waals surface area contributed by atoms with E-state index in [1.54, 1.807) is 6.07 Å². The topological polar surface area (TPSA) is 12.0 Å². The number of halogens is 2. The first kappa shape index (κ1) is 14.7. The van der Waals surface area contributed by atoms with Crippen molar-refractivity contribution in [3.63, 3.8) is 0 Å². The third-order valence-electron chi connectivity index (χ3n) is 3.29. The molecular formula is C14H21BrFN. The van der Waals surface area contributed by atoms with Gasteiger partial charge in [-0.2, -0.15) is 0 Å². The van der Waals surface area contributed by atoms with E-state index in [-0.39, 0.29) is 11.2 Å². The summed E-state index contributed by atoms with van der Waals surface area (Å²) in [6, 6.07) is 4.95. The van der Waals surface area contributed by atoms with Crippen LogP contribution in [-0.2, 0) is 6.42 Å². The molecule has 0 aliphatic carbocycles. The molecule has 0 saturated carbocycles. The molecule has 17 heavy (non-hydrogen) atoms. The number of nitrogens with one attached hydrogen (secondary N) is 1. The highest BCUT2D eigenvalue weighted by Gasteiger charge is 2.23. The van der Waals surface area contributed by atoms with Gasteiger partial charge in [-0.15, -0.1) is 0 Å². The van der Waals surface area contributed by atoms with Crippen molar-refractivity contribution in [2.24, 2.45) is 5.41 Å². The fraction of sp³-hybridized carbons (Fsp3) is 0.571. The SMILES string of the molecule is CCNCC(C)(CC)Cc1ccc(F)cc1Br.